The maximum Gasteiger partial charge on any atom is 0.341 e. The highest BCUT2D eigenvalue weighted by Gasteiger charge is 2.31. The molecule has 5 nitrogen and oxygen atoms in total. The van der Waals surface area contributed by atoms with Crippen molar-refractivity contribution in [1.29, 1.82) is 0 Å². The second kappa shape index (κ2) is 6.01. The smallest absolute Gasteiger partial charge is 0.341 e. The van der Waals surface area contributed by atoms with Crippen molar-refractivity contribution >= 4 is 21.5 Å². The fourth-order valence-corrected chi connectivity index (χ4v) is 3.67. The lowest BCUT2D eigenvalue weighted by molar-refractivity contribution is 0.0210. The monoisotopic (exact) mass is 315 g/mol. The van der Waals surface area contributed by atoms with Gasteiger partial charge in [-0.2, -0.15) is 0 Å². The summed E-state index contributed by atoms with van der Waals surface area (Å²) in [6.07, 6.45) is 2.78. The van der Waals surface area contributed by atoms with Gasteiger partial charge in [-0.25, -0.2) is 17.6 Å². The number of nitrogens with two attached hydrogens (primary N) is 1. The van der Waals surface area contributed by atoms with E-state index in [1.54, 1.807) is 0 Å². The van der Waals surface area contributed by atoms with Crippen molar-refractivity contribution in [3.63, 3.8) is 0 Å². The lowest BCUT2D eigenvalue weighted by atomic mass is 9.97. The summed E-state index contributed by atoms with van der Waals surface area (Å²) in [5, 5.41) is -0.500. The summed E-state index contributed by atoms with van der Waals surface area (Å²) in [5.74, 6) is -1.53. The lowest BCUT2D eigenvalue weighted by Gasteiger charge is -2.27. The Morgan fingerprint density at radius 1 is 1.38 bits per heavy atom. The molecule has 1 aliphatic rings. The van der Waals surface area contributed by atoms with Crippen LogP contribution in [0.3, 0.4) is 0 Å². The van der Waals surface area contributed by atoms with E-state index in [-0.39, 0.29) is 17.7 Å². The fraction of sp³-hybridized carbons (Fsp3) is 0.500. The van der Waals surface area contributed by atoms with Crippen LogP contribution >= 0.6 is 0 Å². The number of nitrogen functional groups attached to an aromatic ring is 1. The highest BCUT2D eigenvalue weighted by Crippen LogP contribution is 2.27. The fourth-order valence-electron chi connectivity index (χ4n) is 2.51. The van der Waals surface area contributed by atoms with Crippen LogP contribution in [0, 0.1) is 5.82 Å². The van der Waals surface area contributed by atoms with Gasteiger partial charge in [-0.3, -0.25) is 0 Å². The minimum Gasteiger partial charge on any atom is -0.459 e. The predicted molar refractivity (Wildman–Crippen MR) is 77.1 cm³/mol. The van der Waals surface area contributed by atoms with Gasteiger partial charge in [0.1, 0.15) is 21.8 Å². The quantitative estimate of drug-likeness (QED) is 0.680. The Labute approximate surface area is 123 Å². The van der Waals surface area contributed by atoms with E-state index in [4.69, 9.17) is 10.5 Å². The Hall–Kier alpha value is -1.63. The van der Waals surface area contributed by atoms with E-state index in [1.165, 1.54) is 18.4 Å². The van der Waals surface area contributed by atoms with Crippen LogP contribution in [0.5, 0.6) is 0 Å². The molecule has 0 saturated heterocycles. The minimum absolute atomic E-state index is 0.189. The summed E-state index contributed by atoms with van der Waals surface area (Å²) in [4.78, 5) is 11.9. The molecule has 116 valence electrons. The number of anilines is 1. The van der Waals surface area contributed by atoms with Crippen LogP contribution in [0.1, 0.15) is 36.0 Å². The minimum atomic E-state index is -3.15. The Morgan fingerprint density at radius 3 is 2.71 bits per heavy atom. The lowest BCUT2D eigenvalue weighted by Crippen LogP contribution is -2.33. The molecule has 21 heavy (non-hydrogen) atoms. The van der Waals surface area contributed by atoms with Gasteiger partial charge in [-0.05, 0) is 37.5 Å². The third kappa shape index (κ3) is 3.93. The molecule has 2 rings (SSSR count). The molecular weight excluding hydrogens is 297 g/mol. The van der Waals surface area contributed by atoms with Gasteiger partial charge in [-0.1, -0.05) is 0 Å². The number of carbonyl (C=O) groups excluding carboxylic acids is 1. The van der Waals surface area contributed by atoms with Crippen LogP contribution in [0.2, 0.25) is 0 Å². The molecule has 7 heteroatoms. The average Bonchev–Trinajstić information content (AvgIpc) is 2.37. The van der Waals surface area contributed by atoms with Gasteiger partial charge in [0.25, 0.3) is 0 Å². The van der Waals surface area contributed by atoms with Gasteiger partial charge >= 0.3 is 5.97 Å². The second-order valence-electron chi connectivity index (χ2n) is 5.38. The number of hydrogen-bond donors (Lipinski definition) is 1. The molecule has 1 saturated carbocycles. The summed E-state index contributed by atoms with van der Waals surface area (Å²) >= 11 is 0. The van der Waals surface area contributed by atoms with E-state index in [1.807, 2.05) is 0 Å². The molecule has 1 fully saturated rings. The Balaban J connectivity index is 2.05. The van der Waals surface area contributed by atoms with Gasteiger partial charge in [0.05, 0.1) is 10.8 Å². The van der Waals surface area contributed by atoms with Crippen molar-refractivity contribution in [2.24, 2.45) is 0 Å². The molecule has 1 aromatic rings. The zero-order valence-corrected chi connectivity index (χ0v) is 12.5. The van der Waals surface area contributed by atoms with Crippen LogP contribution in [-0.2, 0) is 14.6 Å². The molecule has 0 bridgehead atoms. The largest absolute Gasteiger partial charge is 0.459 e. The van der Waals surface area contributed by atoms with Gasteiger partial charge in [0.2, 0.25) is 0 Å². The summed E-state index contributed by atoms with van der Waals surface area (Å²) in [6, 6.07) is 3.74. The van der Waals surface area contributed by atoms with Gasteiger partial charge in [-0.15, -0.1) is 0 Å². The normalized spacial score (nSPS) is 22.8. The SMILES string of the molecule is CS(=O)(=O)C1CCCC(OC(=O)c2ccc(N)cc2F)C1. The van der Waals surface area contributed by atoms with Crippen molar-refractivity contribution in [2.75, 3.05) is 12.0 Å². The molecule has 1 aliphatic carbocycles. The van der Waals surface area contributed by atoms with Crippen molar-refractivity contribution in [1.82, 2.24) is 0 Å². The molecule has 2 unspecified atom stereocenters. The van der Waals surface area contributed by atoms with Crippen LogP contribution in [0.4, 0.5) is 10.1 Å². The molecule has 2 atom stereocenters. The predicted octanol–water partition coefficient (Wildman–Crippen LogP) is 1.92. The number of ether oxygens (including phenoxy) is 1. The number of hydrogen-bond acceptors (Lipinski definition) is 5. The van der Waals surface area contributed by atoms with E-state index in [0.29, 0.717) is 19.3 Å². The maximum atomic E-state index is 13.6. The Bertz CT molecular complexity index is 644. The molecular formula is C14H18FNO4S. The Kier molecular flexibility index (Phi) is 4.51. The zero-order valence-electron chi connectivity index (χ0n) is 11.7. The number of esters is 1. The molecule has 0 heterocycles. The number of halogens is 1. The topological polar surface area (TPSA) is 86.5 Å². The number of benzene rings is 1. The van der Waals surface area contributed by atoms with Crippen molar-refractivity contribution < 1.29 is 22.3 Å². The molecule has 0 aliphatic heterocycles. The first-order chi connectivity index (χ1) is 9.77. The highest BCUT2D eigenvalue weighted by molar-refractivity contribution is 7.91. The molecule has 2 N–H and O–H groups in total. The van der Waals surface area contributed by atoms with Gasteiger partial charge in [0.15, 0.2) is 0 Å². The van der Waals surface area contributed by atoms with Crippen molar-refractivity contribution in [3.05, 3.63) is 29.6 Å². The highest BCUT2D eigenvalue weighted by atomic mass is 32.2. The molecule has 0 amide bonds. The van der Waals surface area contributed by atoms with E-state index in [2.05, 4.69) is 0 Å². The summed E-state index contributed by atoms with van der Waals surface area (Å²) < 4.78 is 42.0. The second-order valence-corrected chi connectivity index (χ2v) is 7.71. The van der Waals surface area contributed by atoms with Crippen molar-refractivity contribution in [2.45, 2.75) is 37.0 Å². The maximum absolute atomic E-state index is 13.6. The molecule has 0 spiro atoms. The van der Waals surface area contributed by atoms with Crippen molar-refractivity contribution in [3.8, 4) is 0 Å². The summed E-state index contributed by atoms with van der Waals surface area (Å²) in [5.41, 5.74) is 5.45. The van der Waals surface area contributed by atoms with Gasteiger partial charge < -0.3 is 10.5 Å². The van der Waals surface area contributed by atoms with E-state index in [9.17, 15) is 17.6 Å². The third-order valence-electron chi connectivity index (χ3n) is 3.67. The number of sulfone groups is 1. The van der Waals surface area contributed by atoms with E-state index in [0.717, 1.165) is 6.07 Å². The van der Waals surface area contributed by atoms with Crippen LogP contribution < -0.4 is 5.73 Å². The average molecular weight is 315 g/mol. The zero-order chi connectivity index (χ0) is 15.6. The van der Waals surface area contributed by atoms with Crippen LogP contribution in [0.15, 0.2) is 18.2 Å². The molecule has 0 radical (unpaired) electrons. The summed E-state index contributed by atoms with van der Waals surface area (Å²) in [7, 11) is -3.15. The first-order valence-corrected chi connectivity index (χ1v) is 8.67. The number of rotatable bonds is 3. The van der Waals surface area contributed by atoms with Crippen LogP contribution in [0.25, 0.3) is 0 Å². The van der Waals surface area contributed by atoms with Gasteiger partial charge in [0, 0.05) is 18.4 Å². The standard InChI is InChI=1S/C14H18FNO4S/c1-21(18,19)11-4-2-3-10(8-11)20-14(17)12-6-5-9(16)7-13(12)15/h5-7,10-11H,2-4,8,16H2,1H3. The van der Waals surface area contributed by atoms with E-state index >= 15 is 0 Å². The molecule has 1 aromatic carbocycles. The summed E-state index contributed by atoms with van der Waals surface area (Å²) in [6.45, 7) is 0. The number of carbonyl (C=O) groups is 1. The van der Waals surface area contributed by atoms with Crippen LogP contribution in [-0.4, -0.2) is 32.0 Å². The third-order valence-corrected chi connectivity index (χ3v) is 5.31. The molecule has 0 aromatic heterocycles. The first kappa shape index (κ1) is 15.8. The van der Waals surface area contributed by atoms with E-state index < -0.39 is 33.0 Å². The Morgan fingerprint density at radius 2 is 2.10 bits per heavy atom. The first-order valence-electron chi connectivity index (χ1n) is 6.72.